The van der Waals surface area contributed by atoms with Crippen LogP contribution < -0.4 is 10.1 Å². The molecule has 0 aliphatic rings. The lowest BCUT2D eigenvalue weighted by Crippen LogP contribution is -2.14. The number of anilines is 1. The molecule has 3 nitrogen and oxygen atoms in total. The molecule has 0 atom stereocenters. The number of carbonyl (C=O) groups is 1. The third-order valence-corrected chi connectivity index (χ3v) is 4.37. The topological polar surface area (TPSA) is 38.3 Å². The Morgan fingerprint density at radius 2 is 1.65 bits per heavy atom. The van der Waals surface area contributed by atoms with E-state index in [9.17, 15) is 4.79 Å². The van der Waals surface area contributed by atoms with Crippen LogP contribution in [-0.4, -0.2) is 5.91 Å². The van der Waals surface area contributed by atoms with Gasteiger partial charge in [0.2, 0.25) is 0 Å². The molecule has 0 bridgehead atoms. The highest BCUT2D eigenvalue weighted by Gasteiger charge is 2.13. The molecule has 3 rings (SSSR count). The Bertz CT molecular complexity index is 924. The molecule has 3 aromatic carbocycles. The number of para-hydroxylation sites is 1. The minimum atomic E-state index is -0.248. The zero-order chi connectivity index (χ0) is 18.5. The van der Waals surface area contributed by atoms with Crippen LogP contribution in [0.4, 0.5) is 5.69 Å². The fourth-order valence-electron chi connectivity index (χ4n) is 2.44. The second-order valence-electron chi connectivity index (χ2n) is 5.82. The van der Waals surface area contributed by atoms with E-state index in [1.165, 1.54) is 0 Å². The summed E-state index contributed by atoms with van der Waals surface area (Å²) in [7, 11) is 0. The van der Waals surface area contributed by atoms with Crippen molar-refractivity contribution in [1.82, 2.24) is 0 Å². The molecule has 132 valence electrons. The normalized spacial score (nSPS) is 10.4. The van der Waals surface area contributed by atoms with Gasteiger partial charge in [-0.15, -0.1) is 0 Å². The molecular formula is C21H17Cl2NO2. The van der Waals surface area contributed by atoms with Gasteiger partial charge in [0.15, 0.2) is 0 Å². The average Bonchev–Trinajstić information content (AvgIpc) is 2.64. The van der Waals surface area contributed by atoms with Gasteiger partial charge in [0.1, 0.15) is 12.4 Å². The van der Waals surface area contributed by atoms with Gasteiger partial charge in [0.25, 0.3) is 5.91 Å². The van der Waals surface area contributed by atoms with Gasteiger partial charge < -0.3 is 10.1 Å². The van der Waals surface area contributed by atoms with Crippen LogP contribution in [0.1, 0.15) is 21.5 Å². The quantitative estimate of drug-likeness (QED) is 0.573. The maximum atomic E-state index is 12.7. The van der Waals surface area contributed by atoms with Crippen LogP contribution in [0.3, 0.4) is 0 Å². The number of benzene rings is 3. The lowest BCUT2D eigenvalue weighted by atomic mass is 10.1. The molecule has 0 aromatic heterocycles. The Hall–Kier alpha value is -2.49. The van der Waals surface area contributed by atoms with Crippen LogP contribution in [-0.2, 0) is 6.61 Å². The fraction of sp³-hybridized carbons (Fsp3) is 0.0952. The third-order valence-electron chi connectivity index (χ3n) is 3.89. The van der Waals surface area contributed by atoms with E-state index in [0.29, 0.717) is 33.7 Å². The summed E-state index contributed by atoms with van der Waals surface area (Å²) in [6.45, 7) is 2.26. The molecule has 1 N–H and O–H groups in total. The molecule has 0 saturated heterocycles. The van der Waals surface area contributed by atoms with E-state index in [2.05, 4.69) is 5.32 Å². The molecule has 0 heterocycles. The van der Waals surface area contributed by atoms with Crippen molar-refractivity contribution in [3.63, 3.8) is 0 Å². The van der Waals surface area contributed by atoms with Gasteiger partial charge in [-0.1, -0.05) is 53.5 Å². The minimum Gasteiger partial charge on any atom is -0.488 e. The Kier molecular flexibility index (Phi) is 5.82. The maximum absolute atomic E-state index is 12.7. The Balaban J connectivity index is 1.76. The van der Waals surface area contributed by atoms with Crippen molar-refractivity contribution in [1.29, 1.82) is 0 Å². The first-order valence-corrected chi connectivity index (χ1v) is 8.82. The summed E-state index contributed by atoms with van der Waals surface area (Å²) >= 11 is 11.9. The van der Waals surface area contributed by atoms with E-state index >= 15 is 0 Å². The van der Waals surface area contributed by atoms with Crippen LogP contribution in [0.15, 0.2) is 66.7 Å². The summed E-state index contributed by atoms with van der Waals surface area (Å²) in [6, 6.07) is 19.9. The number of hydrogen-bond donors (Lipinski definition) is 1. The molecule has 0 saturated carbocycles. The number of amides is 1. The summed E-state index contributed by atoms with van der Waals surface area (Å²) in [5.41, 5.74) is 3.04. The Labute approximate surface area is 162 Å². The maximum Gasteiger partial charge on any atom is 0.259 e. The number of aryl methyl sites for hydroxylation is 1. The van der Waals surface area contributed by atoms with E-state index < -0.39 is 0 Å². The zero-order valence-corrected chi connectivity index (χ0v) is 15.6. The van der Waals surface area contributed by atoms with Crippen molar-refractivity contribution in [2.24, 2.45) is 0 Å². The van der Waals surface area contributed by atoms with E-state index in [-0.39, 0.29) is 5.91 Å². The fourth-order valence-corrected chi connectivity index (χ4v) is 2.74. The predicted octanol–water partition coefficient (Wildman–Crippen LogP) is 6.13. The van der Waals surface area contributed by atoms with Crippen LogP contribution in [0, 0.1) is 6.92 Å². The highest BCUT2D eigenvalue weighted by Crippen LogP contribution is 2.24. The van der Waals surface area contributed by atoms with Gasteiger partial charge in [0, 0.05) is 15.7 Å². The molecule has 0 aliphatic carbocycles. The van der Waals surface area contributed by atoms with Crippen LogP contribution in [0.25, 0.3) is 0 Å². The molecular weight excluding hydrogens is 369 g/mol. The summed E-state index contributed by atoms with van der Waals surface area (Å²) in [4.78, 5) is 12.7. The van der Waals surface area contributed by atoms with E-state index in [1.807, 2.05) is 31.2 Å². The molecule has 1 amide bonds. The number of nitrogens with one attached hydrogen (secondary N) is 1. The highest BCUT2D eigenvalue weighted by atomic mass is 35.5. The summed E-state index contributed by atoms with van der Waals surface area (Å²) in [6.07, 6.45) is 0. The molecule has 0 fully saturated rings. The van der Waals surface area contributed by atoms with Crippen LogP contribution >= 0.6 is 23.2 Å². The average molecular weight is 386 g/mol. The molecule has 3 aromatic rings. The van der Waals surface area contributed by atoms with Crippen molar-refractivity contribution < 1.29 is 9.53 Å². The van der Waals surface area contributed by atoms with E-state index in [1.54, 1.807) is 42.5 Å². The number of carbonyl (C=O) groups excluding carboxylic acids is 1. The number of hydrogen-bond acceptors (Lipinski definition) is 2. The molecule has 0 radical (unpaired) electrons. The molecule has 0 unspecified atom stereocenters. The van der Waals surface area contributed by atoms with E-state index in [0.717, 1.165) is 11.1 Å². The van der Waals surface area contributed by atoms with Crippen LogP contribution in [0.2, 0.25) is 10.0 Å². The smallest absolute Gasteiger partial charge is 0.259 e. The second-order valence-corrected chi connectivity index (χ2v) is 6.70. The first-order chi connectivity index (χ1) is 12.5. The van der Waals surface area contributed by atoms with Gasteiger partial charge in [-0.3, -0.25) is 4.79 Å². The second kappa shape index (κ2) is 8.26. The first kappa shape index (κ1) is 18.3. The monoisotopic (exact) mass is 385 g/mol. The first-order valence-electron chi connectivity index (χ1n) is 8.07. The van der Waals surface area contributed by atoms with E-state index in [4.69, 9.17) is 27.9 Å². The molecule has 0 aliphatic heterocycles. The van der Waals surface area contributed by atoms with Crippen molar-refractivity contribution in [2.45, 2.75) is 13.5 Å². The Morgan fingerprint density at radius 3 is 2.42 bits per heavy atom. The van der Waals surface area contributed by atoms with Gasteiger partial charge in [0.05, 0.1) is 5.56 Å². The minimum absolute atomic E-state index is 0.248. The molecule has 5 heteroatoms. The van der Waals surface area contributed by atoms with Crippen molar-refractivity contribution in [3.8, 4) is 5.75 Å². The standard InChI is InChI=1S/C21H17Cl2NO2/c1-14-6-9-17(23)12-19(14)24-21(25)18-4-2-3-5-20(18)26-13-15-7-10-16(22)11-8-15/h2-12H,13H2,1H3,(H,24,25). The van der Waals surface area contributed by atoms with Crippen molar-refractivity contribution >= 4 is 34.8 Å². The summed E-state index contributed by atoms with van der Waals surface area (Å²) in [5, 5.41) is 4.13. The SMILES string of the molecule is Cc1ccc(Cl)cc1NC(=O)c1ccccc1OCc1ccc(Cl)cc1. The summed E-state index contributed by atoms with van der Waals surface area (Å²) in [5.74, 6) is 0.265. The van der Waals surface area contributed by atoms with Gasteiger partial charge in [-0.25, -0.2) is 0 Å². The van der Waals surface area contributed by atoms with Gasteiger partial charge in [-0.2, -0.15) is 0 Å². The Morgan fingerprint density at radius 1 is 0.962 bits per heavy atom. The van der Waals surface area contributed by atoms with Crippen LogP contribution in [0.5, 0.6) is 5.75 Å². The zero-order valence-electron chi connectivity index (χ0n) is 14.1. The number of ether oxygens (including phenoxy) is 1. The van der Waals surface area contributed by atoms with Crippen molar-refractivity contribution in [2.75, 3.05) is 5.32 Å². The lowest BCUT2D eigenvalue weighted by molar-refractivity contribution is 0.102. The molecule has 26 heavy (non-hydrogen) atoms. The lowest BCUT2D eigenvalue weighted by Gasteiger charge is -2.13. The summed E-state index contributed by atoms with van der Waals surface area (Å²) < 4.78 is 5.85. The number of halogens is 2. The largest absolute Gasteiger partial charge is 0.488 e. The highest BCUT2D eigenvalue weighted by molar-refractivity contribution is 6.31. The van der Waals surface area contributed by atoms with Gasteiger partial charge >= 0.3 is 0 Å². The third kappa shape index (κ3) is 4.57. The predicted molar refractivity (Wildman–Crippen MR) is 106 cm³/mol. The van der Waals surface area contributed by atoms with Crippen molar-refractivity contribution in [3.05, 3.63) is 93.5 Å². The number of rotatable bonds is 5. The molecule has 0 spiro atoms. The van der Waals surface area contributed by atoms with Gasteiger partial charge in [-0.05, 0) is 54.4 Å².